The summed E-state index contributed by atoms with van der Waals surface area (Å²) in [5.41, 5.74) is 4.09. The van der Waals surface area contributed by atoms with Crippen LogP contribution in [0.15, 0.2) is 54.0 Å². The molecule has 1 aliphatic carbocycles. The fourth-order valence-electron chi connectivity index (χ4n) is 3.27. The van der Waals surface area contributed by atoms with E-state index in [9.17, 15) is 4.79 Å². The number of rotatable bonds is 7. The van der Waals surface area contributed by atoms with Crippen LogP contribution in [-0.2, 0) is 11.3 Å². The summed E-state index contributed by atoms with van der Waals surface area (Å²) in [6.07, 6.45) is 5.49. The predicted molar refractivity (Wildman–Crippen MR) is 123 cm³/mol. The normalized spacial score (nSPS) is 14.1. The van der Waals surface area contributed by atoms with Gasteiger partial charge in [0.2, 0.25) is 0 Å². The van der Waals surface area contributed by atoms with Gasteiger partial charge in [-0.25, -0.2) is 0 Å². The summed E-state index contributed by atoms with van der Waals surface area (Å²) in [6.45, 7) is 4.61. The van der Waals surface area contributed by atoms with Gasteiger partial charge in [0.15, 0.2) is 5.78 Å². The van der Waals surface area contributed by atoms with E-state index in [0.29, 0.717) is 28.5 Å². The minimum absolute atomic E-state index is 0.0635. The van der Waals surface area contributed by atoms with Crippen LogP contribution in [0.2, 0.25) is 5.02 Å². The fourth-order valence-corrected chi connectivity index (χ4v) is 3.85. The lowest BCUT2D eigenvalue weighted by molar-refractivity contribution is -0.115. The number of benzene rings is 1. The standard InChI is InChI=1S/C22H25ClN4OS/c1-14(2)26-19-13-24-12-17(23)16(19)11-25-18-9-6-10-20(28)21(18)22(29)27-15-7-4-3-5-8-15/h3-5,7-8,12-14,25-26H,6,9-11H2,1-2H3,(H,27,29). The zero-order valence-corrected chi connectivity index (χ0v) is 18.2. The van der Waals surface area contributed by atoms with Crippen molar-refractivity contribution < 1.29 is 4.79 Å². The number of hydrogen-bond acceptors (Lipinski definition) is 5. The molecule has 0 amide bonds. The van der Waals surface area contributed by atoms with Crippen LogP contribution in [0, 0.1) is 0 Å². The molecule has 0 spiro atoms. The van der Waals surface area contributed by atoms with Crippen molar-refractivity contribution in [2.24, 2.45) is 0 Å². The van der Waals surface area contributed by atoms with Gasteiger partial charge in [0.05, 0.1) is 22.5 Å². The van der Waals surface area contributed by atoms with Crippen molar-refractivity contribution in [2.45, 2.75) is 45.7 Å². The quantitative estimate of drug-likeness (QED) is 0.533. The van der Waals surface area contributed by atoms with E-state index in [1.807, 2.05) is 30.3 Å². The van der Waals surface area contributed by atoms with E-state index in [2.05, 4.69) is 34.8 Å². The number of allylic oxidation sites excluding steroid dienone is 1. The number of para-hydroxylation sites is 1. The van der Waals surface area contributed by atoms with E-state index in [0.717, 1.165) is 35.5 Å². The number of nitrogens with zero attached hydrogens (tertiary/aromatic N) is 1. The van der Waals surface area contributed by atoms with Gasteiger partial charge in [-0.3, -0.25) is 9.78 Å². The molecule has 0 saturated heterocycles. The molecule has 0 unspecified atom stereocenters. The highest BCUT2D eigenvalue weighted by Gasteiger charge is 2.24. The maximum Gasteiger partial charge on any atom is 0.167 e. The summed E-state index contributed by atoms with van der Waals surface area (Å²) in [7, 11) is 0. The van der Waals surface area contributed by atoms with Crippen LogP contribution in [0.25, 0.3) is 0 Å². The van der Waals surface area contributed by atoms with Gasteiger partial charge in [-0.15, -0.1) is 0 Å². The molecule has 0 fully saturated rings. The molecule has 29 heavy (non-hydrogen) atoms. The van der Waals surface area contributed by atoms with Crippen molar-refractivity contribution in [3.8, 4) is 0 Å². The van der Waals surface area contributed by atoms with E-state index in [1.165, 1.54) is 0 Å². The second kappa shape index (κ2) is 9.85. The van der Waals surface area contributed by atoms with Gasteiger partial charge in [0.25, 0.3) is 0 Å². The van der Waals surface area contributed by atoms with Crippen molar-refractivity contribution in [1.29, 1.82) is 0 Å². The molecular weight excluding hydrogens is 404 g/mol. The molecule has 7 heteroatoms. The number of thiocarbonyl (C=S) groups is 1. The molecule has 0 bridgehead atoms. The maximum atomic E-state index is 12.7. The van der Waals surface area contributed by atoms with Crippen molar-refractivity contribution >= 4 is 46.0 Å². The smallest absolute Gasteiger partial charge is 0.167 e. The number of anilines is 2. The van der Waals surface area contributed by atoms with Gasteiger partial charge in [-0.05, 0) is 38.8 Å². The average Bonchev–Trinajstić information content (AvgIpc) is 2.68. The molecule has 1 heterocycles. The first-order chi connectivity index (χ1) is 14.0. The van der Waals surface area contributed by atoms with Gasteiger partial charge in [-0.2, -0.15) is 0 Å². The van der Waals surface area contributed by atoms with E-state index >= 15 is 0 Å². The van der Waals surface area contributed by atoms with E-state index in [1.54, 1.807) is 12.4 Å². The lowest BCUT2D eigenvalue weighted by Gasteiger charge is -2.23. The number of ketones is 1. The Balaban J connectivity index is 1.83. The van der Waals surface area contributed by atoms with Crippen LogP contribution in [0.4, 0.5) is 11.4 Å². The summed E-state index contributed by atoms with van der Waals surface area (Å²) in [6, 6.07) is 9.89. The Hall–Kier alpha value is -2.44. The summed E-state index contributed by atoms with van der Waals surface area (Å²) >= 11 is 12.0. The largest absolute Gasteiger partial charge is 0.383 e. The summed E-state index contributed by atoms with van der Waals surface area (Å²) < 4.78 is 0. The molecule has 0 saturated carbocycles. The van der Waals surface area contributed by atoms with Crippen LogP contribution in [-0.4, -0.2) is 21.8 Å². The van der Waals surface area contributed by atoms with Gasteiger partial charge in [0, 0.05) is 42.2 Å². The molecule has 0 radical (unpaired) electrons. The maximum absolute atomic E-state index is 12.7. The molecule has 0 atom stereocenters. The fraction of sp³-hybridized carbons (Fsp3) is 0.318. The molecule has 1 aromatic heterocycles. The third-order valence-corrected chi connectivity index (χ3v) is 5.23. The first-order valence-corrected chi connectivity index (χ1v) is 10.5. The van der Waals surface area contributed by atoms with Crippen LogP contribution in [0.1, 0.15) is 38.7 Å². The number of carbonyl (C=O) groups is 1. The van der Waals surface area contributed by atoms with Gasteiger partial charge in [-0.1, -0.05) is 42.0 Å². The number of Topliss-reactive ketones (excluding diaryl/α,β-unsaturated/α-hetero) is 1. The number of hydrogen-bond donors (Lipinski definition) is 3. The molecule has 2 aromatic rings. The van der Waals surface area contributed by atoms with Gasteiger partial charge in [0.1, 0.15) is 4.99 Å². The van der Waals surface area contributed by atoms with E-state index in [-0.39, 0.29) is 11.8 Å². The number of halogens is 1. The Bertz CT molecular complexity index is 928. The molecule has 152 valence electrons. The van der Waals surface area contributed by atoms with Crippen molar-refractivity contribution in [3.05, 3.63) is 64.6 Å². The second-order valence-electron chi connectivity index (χ2n) is 7.25. The predicted octanol–water partition coefficient (Wildman–Crippen LogP) is 5.09. The molecule has 5 nitrogen and oxygen atoms in total. The van der Waals surface area contributed by atoms with Crippen molar-refractivity contribution in [3.63, 3.8) is 0 Å². The zero-order valence-electron chi connectivity index (χ0n) is 16.6. The lowest BCUT2D eigenvalue weighted by Crippen LogP contribution is -2.29. The Labute approximate surface area is 182 Å². The third kappa shape index (κ3) is 5.55. The van der Waals surface area contributed by atoms with Gasteiger partial charge >= 0.3 is 0 Å². The number of aromatic nitrogens is 1. The number of pyridine rings is 1. The Morgan fingerprint density at radius 1 is 1.21 bits per heavy atom. The first kappa shape index (κ1) is 21.3. The third-order valence-electron chi connectivity index (χ3n) is 4.60. The molecule has 0 aliphatic heterocycles. The number of nitrogens with one attached hydrogen (secondary N) is 3. The highest BCUT2D eigenvalue weighted by atomic mass is 35.5. The number of carbonyl (C=O) groups excluding carboxylic acids is 1. The topological polar surface area (TPSA) is 66.1 Å². The Morgan fingerprint density at radius 2 is 1.97 bits per heavy atom. The monoisotopic (exact) mass is 428 g/mol. The van der Waals surface area contributed by atoms with Gasteiger partial charge < -0.3 is 16.0 Å². The van der Waals surface area contributed by atoms with E-state index < -0.39 is 0 Å². The van der Waals surface area contributed by atoms with Crippen LogP contribution >= 0.6 is 23.8 Å². The van der Waals surface area contributed by atoms with Crippen LogP contribution < -0.4 is 16.0 Å². The zero-order chi connectivity index (χ0) is 20.8. The first-order valence-electron chi connectivity index (χ1n) is 9.71. The van der Waals surface area contributed by atoms with Crippen LogP contribution in [0.3, 0.4) is 0 Å². The Kier molecular flexibility index (Phi) is 7.23. The molecule has 3 rings (SSSR count). The highest BCUT2D eigenvalue weighted by Crippen LogP contribution is 2.27. The van der Waals surface area contributed by atoms with Crippen LogP contribution in [0.5, 0.6) is 0 Å². The van der Waals surface area contributed by atoms with Crippen molar-refractivity contribution in [1.82, 2.24) is 10.3 Å². The highest BCUT2D eigenvalue weighted by molar-refractivity contribution is 7.81. The summed E-state index contributed by atoms with van der Waals surface area (Å²) in [5, 5.41) is 10.6. The SMILES string of the molecule is CC(C)Nc1cncc(Cl)c1CNC1=C(C(=S)Nc2ccccc2)C(=O)CCC1. The summed E-state index contributed by atoms with van der Waals surface area (Å²) in [5.74, 6) is 0.0635. The molecular formula is C22H25ClN4OS. The molecule has 1 aromatic carbocycles. The lowest BCUT2D eigenvalue weighted by atomic mass is 9.94. The summed E-state index contributed by atoms with van der Waals surface area (Å²) in [4.78, 5) is 17.3. The second-order valence-corrected chi connectivity index (χ2v) is 8.07. The minimum Gasteiger partial charge on any atom is -0.383 e. The van der Waals surface area contributed by atoms with Crippen molar-refractivity contribution in [2.75, 3.05) is 10.6 Å². The minimum atomic E-state index is 0.0635. The Morgan fingerprint density at radius 3 is 2.69 bits per heavy atom. The molecule has 3 N–H and O–H groups in total. The molecule has 1 aliphatic rings. The average molecular weight is 429 g/mol. The van der Waals surface area contributed by atoms with E-state index in [4.69, 9.17) is 23.8 Å².